The molecule has 0 spiro atoms. The first kappa shape index (κ1) is 17.8. The SMILES string of the molecule is Cn1c(N2CCO[C@@H]3c4ccccc4OC[C@H]32)nc(-c2ccncc2F)cc1=O. The third-order valence-electron chi connectivity index (χ3n) is 5.43. The number of anilines is 1. The summed E-state index contributed by atoms with van der Waals surface area (Å²) in [6.45, 7) is 1.44. The Morgan fingerprint density at radius 3 is 2.97 bits per heavy atom. The smallest absolute Gasteiger partial charge is 0.255 e. The molecule has 1 saturated heterocycles. The standard InChI is InChI=1S/C21H19FN4O3/c1-25-19(27)10-16(13-6-7-23-11-15(13)22)24-21(25)26-8-9-28-20-14-4-2-3-5-18(14)29-12-17(20)26/h2-7,10-11,17,20H,8-9,12H2,1H3/t17-,20-/m1/s1. The average Bonchev–Trinajstić information content (AvgIpc) is 2.75. The highest BCUT2D eigenvalue weighted by Gasteiger charge is 2.40. The second kappa shape index (κ2) is 6.97. The lowest BCUT2D eigenvalue weighted by molar-refractivity contribution is -0.0164. The Hall–Kier alpha value is -3.26. The number of ether oxygens (including phenoxy) is 2. The molecule has 0 unspecified atom stereocenters. The molecule has 29 heavy (non-hydrogen) atoms. The van der Waals surface area contributed by atoms with Crippen LogP contribution in [0.25, 0.3) is 11.3 Å². The highest BCUT2D eigenvalue weighted by atomic mass is 19.1. The topological polar surface area (TPSA) is 69.5 Å². The van der Waals surface area contributed by atoms with Gasteiger partial charge in [0.05, 0.1) is 24.5 Å². The van der Waals surface area contributed by atoms with Gasteiger partial charge in [-0.2, -0.15) is 0 Å². The zero-order valence-electron chi connectivity index (χ0n) is 15.8. The van der Waals surface area contributed by atoms with Crippen LogP contribution in [0.3, 0.4) is 0 Å². The van der Waals surface area contributed by atoms with Gasteiger partial charge in [-0.25, -0.2) is 9.37 Å². The molecule has 7 nitrogen and oxygen atoms in total. The summed E-state index contributed by atoms with van der Waals surface area (Å²) in [6, 6.07) is 10.5. The lowest BCUT2D eigenvalue weighted by Crippen LogP contribution is -2.53. The monoisotopic (exact) mass is 394 g/mol. The van der Waals surface area contributed by atoms with Crippen molar-refractivity contribution in [2.75, 3.05) is 24.7 Å². The van der Waals surface area contributed by atoms with Crippen molar-refractivity contribution in [1.29, 1.82) is 0 Å². The van der Waals surface area contributed by atoms with Crippen LogP contribution in [0.5, 0.6) is 5.75 Å². The van der Waals surface area contributed by atoms with Gasteiger partial charge in [-0.1, -0.05) is 18.2 Å². The molecule has 8 heteroatoms. The molecule has 3 aromatic rings. The summed E-state index contributed by atoms with van der Waals surface area (Å²) in [6.07, 6.45) is 2.41. The molecular weight excluding hydrogens is 375 g/mol. The minimum atomic E-state index is -0.519. The molecule has 0 saturated carbocycles. The van der Waals surface area contributed by atoms with Crippen molar-refractivity contribution in [3.8, 4) is 17.0 Å². The predicted octanol–water partition coefficient (Wildman–Crippen LogP) is 2.32. The first-order valence-corrected chi connectivity index (χ1v) is 9.41. The van der Waals surface area contributed by atoms with Gasteiger partial charge in [0.2, 0.25) is 5.95 Å². The van der Waals surface area contributed by atoms with E-state index in [0.717, 1.165) is 17.5 Å². The lowest BCUT2D eigenvalue weighted by Gasteiger charge is -2.44. The van der Waals surface area contributed by atoms with Crippen LogP contribution in [-0.4, -0.2) is 40.3 Å². The zero-order chi connectivity index (χ0) is 20.0. The second-order valence-corrected chi connectivity index (χ2v) is 7.10. The highest BCUT2D eigenvalue weighted by molar-refractivity contribution is 5.60. The fourth-order valence-corrected chi connectivity index (χ4v) is 3.97. The number of morpholine rings is 1. The van der Waals surface area contributed by atoms with Crippen LogP contribution in [0.4, 0.5) is 10.3 Å². The van der Waals surface area contributed by atoms with Gasteiger partial charge in [-0.15, -0.1) is 0 Å². The minimum Gasteiger partial charge on any atom is -0.491 e. The fourth-order valence-electron chi connectivity index (χ4n) is 3.97. The number of aromatic nitrogens is 3. The number of rotatable bonds is 2. The summed E-state index contributed by atoms with van der Waals surface area (Å²) in [4.78, 5) is 23.1. The molecule has 2 atom stereocenters. The molecule has 2 aliphatic heterocycles. The number of para-hydroxylation sites is 1. The van der Waals surface area contributed by atoms with Gasteiger partial charge in [0.1, 0.15) is 18.5 Å². The summed E-state index contributed by atoms with van der Waals surface area (Å²) in [5, 5.41) is 0. The second-order valence-electron chi connectivity index (χ2n) is 7.10. The first-order chi connectivity index (χ1) is 14.1. The Bertz CT molecular complexity index is 1130. The molecule has 4 heterocycles. The van der Waals surface area contributed by atoms with Gasteiger partial charge in [-0.05, 0) is 12.1 Å². The number of halogens is 1. The van der Waals surface area contributed by atoms with Crippen molar-refractivity contribution in [2.24, 2.45) is 7.05 Å². The number of nitrogens with zero attached hydrogens (tertiary/aromatic N) is 4. The number of hydrogen-bond acceptors (Lipinski definition) is 6. The van der Waals surface area contributed by atoms with Gasteiger partial charge in [-0.3, -0.25) is 14.3 Å². The van der Waals surface area contributed by atoms with Crippen molar-refractivity contribution in [3.63, 3.8) is 0 Å². The normalized spacial score (nSPS) is 20.6. The van der Waals surface area contributed by atoms with E-state index < -0.39 is 5.82 Å². The van der Waals surface area contributed by atoms with Crippen molar-refractivity contribution in [3.05, 3.63) is 70.5 Å². The quantitative estimate of drug-likeness (QED) is 0.665. The van der Waals surface area contributed by atoms with E-state index in [1.165, 1.54) is 22.9 Å². The molecule has 0 bridgehead atoms. The molecule has 0 amide bonds. The van der Waals surface area contributed by atoms with Crippen LogP contribution in [0, 0.1) is 5.82 Å². The third kappa shape index (κ3) is 2.96. The number of benzene rings is 1. The molecule has 0 N–H and O–H groups in total. The van der Waals surface area contributed by atoms with Gasteiger partial charge >= 0.3 is 0 Å². The van der Waals surface area contributed by atoms with Gasteiger partial charge < -0.3 is 14.4 Å². The lowest BCUT2D eigenvalue weighted by atomic mass is 9.96. The molecule has 1 aromatic carbocycles. The number of fused-ring (bicyclic) bond motifs is 3. The maximum atomic E-state index is 14.3. The van der Waals surface area contributed by atoms with Gasteiger partial charge in [0, 0.05) is 37.0 Å². The van der Waals surface area contributed by atoms with E-state index in [1.807, 2.05) is 29.2 Å². The van der Waals surface area contributed by atoms with Crippen LogP contribution in [-0.2, 0) is 11.8 Å². The molecule has 0 aliphatic carbocycles. The minimum absolute atomic E-state index is 0.144. The number of hydrogen-bond donors (Lipinski definition) is 0. The number of pyridine rings is 1. The first-order valence-electron chi connectivity index (χ1n) is 9.41. The Morgan fingerprint density at radius 2 is 2.10 bits per heavy atom. The molecule has 2 aliphatic rings. The maximum Gasteiger partial charge on any atom is 0.255 e. The molecule has 148 valence electrons. The van der Waals surface area contributed by atoms with Crippen molar-refractivity contribution in [2.45, 2.75) is 12.1 Å². The van der Waals surface area contributed by atoms with Gasteiger partial charge in [0.15, 0.2) is 5.82 Å². The van der Waals surface area contributed by atoms with E-state index in [9.17, 15) is 9.18 Å². The maximum absolute atomic E-state index is 14.3. The Balaban J connectivity index is 1.59. The van der Waals surface area contributed by atoms with Crippen molar-refractivity contribution in [1.82, 2.24) is 14.5 Å². The van der Waals surface area contributed by atoms with E-state index in [0.29, 0.717) is 25.7 Å². The molecular formula is C21H19FN4O3. The van der Waals surface area contributed by atoms with Crippen LogP contribution in [0.1, 0.15) is 11.7 Å². The third-order valence-corrected chi connectivity index (χ3v) is 5.43. The Morgan fingerprint density at radius 1 is 1.24 bits per heavy atom. The summed E-state index contributed by atoms with van der Waals surface area (Å²) in [5.74, 6) is 0.754. The van der Waals surface area contributed by atoms with E-state index in [-0.39, 0.29) is 29.0 Å². The zero-order valence-corrected chi connectivity index (χ0v) is 15.8. The Labute approximate surface area is 166 Å². The summed E-state index contributed by atoms with van der Waals surface area (Å²) in [5.41, 5.74) is 1.24. The summed E-state index contributed by atoms with van der Waals surface area (Å²) in [7, 11) is 1.67. The summed E-state index contributed by atoms with van der Waals surface area (Å²) >= 11 is 0. The van der Waals surface area contributed by atoms with E-state index in [2.05, 4.69) is 9.97 Å². The molecule has 2 aromatic heterocycles. The average molecular weight is 394 g/mol. The van der Waals surface area contributed by atoms with Crippen LogP contribution >= 0.6 is 0 Å². The summed E-state index contributed by atoms with van der Waals surface area (Å²) < 4.78 is 27.7. The van der Waals surface area contributed by atoms with Crippen LogP contribution in [0.2, 0.25) is 0 Å². The van der Waals surface area contributed by atoms with Crippen LogP contribution in [0.15, 0.2) is 53.6 Å². The predicted molar refractivity (Wildman–Crippen MR) is 104 cm³/mol. The van der Waals surface area contributed by atoms with E-state index >= 15 is 0 Å². The Kier molecular flexibility index (Phi) is 4.28. The van der Waals surface area contributed by atoms with Crippen molar-refractivity contribution >= 4 is 5.95 Å². The largest absolute Gasteiger partial charge is 0.491 e. The van der Waals surface area contributed by atoms with E-state index in [4.69, 9.17) is 9.47 Å². The van der Waals surface area contributed by atoms with Gasteiger partial charge in [0.25, 0.3) is 5.56 Å². The molecule has 5 rings (SSSR count). The fraction of sp³-hybridized carbons (Fsp3) is 0.286. The molecule has 1 fully saturated rings. The van der Waals surface area contributed by atoms with Crippen LogP contribution < -0.4 is 15.2 Å². The van der Waals surface area contributed by atoms with E-state index in [1.54, 1.807) is 7.05 Å². The highest BCUT2D eigenvalue weighted by Crippen LogP contribution is 2.39. The van der Waals surface area contributed by atoms with Crippen molar-refractivity contribution < 1.29 is 13.9 Å². The molecule has 0 radical (unpaired) electrons.